The lowest BCUT2D eigenvalue weighted by Gasteiger charge is -2.46. The number of carbonyl (C=O) groups excluding carboxylic acids is 2. The van der Waals surface area contributed by atoms with Crippen LogP contribution in [0.2, 0.25) is 16.6 Å². The zero-order chi connectivity index (χ0) is 32.4. The van der Waals surface area contributed by atoms with Gasteiger partial charge in [-0.1, -0.05) is 41.5 Å². The van der Waals surface area contributed by atoms with Gasteiger partial charge in [0, 0.05) is 20.3 Å². The molecule has 0 bridgehead atoms. The average molecular weight is 631 g/mol. The van der Waals surface area contributed by atoms with Gasteiger partial charge >= 0.3 is 19.2 Å². The Bertz CT molecular complexity index is 955. The van der Waals surface area contributed by atoms with E-state index in [1.54, 1.807) is 0 Å². The van der Waals surface area contributed by atoms with Crippen molar-refractivity contribution in [2.45, 2.75) is 116 Å². The summed E-state index contributed by atoms with van der Waals surface area (Å²) in [7, 11) is -6.33. The first-order chi connectivity index (χ1) is 19.3. The molecule has 1 fully saturated rings. The van der Waals surface area contributed by atoms with Gasteiger partial charge in [0.05, 0.1) is 26.8 Å². The number of imidazole rings is 1. The van der Waals surface area contributed by atoms with Crippen molar-refractivity contribution >= 4 is 27.5 Å². The number of aryl methyl sites for hydroxylation is 2. The molecule has 1 aliphatic heterocycles. The van der Waals surface area contributed by atoms with Crippen molar-refractivity contribution in [3.63, 3.8) is 0 Å². The van der Waals surface area contributed by atoms with Crippen LogP contribution in [0, 0.1) is 0 Å². The molecule has 2 heterocycles. The summed E-state index contributed by atoms with van der Waals surface area (Å²) in [5.74, 6) is -1.17. The minimum absolute atomic E-state index is 0.128. The Kier molecular flexibility index (Phi) is 15.1. The lowest BCUT2D eigenvalue weighted by molar-refractivity contribution is -0.671. The van der Waals surface area contributed by atoms with Crippen LogP contribution in [-0.4, -0.2) is 81.1 Å². The number of aromatic nitrogens is 2. The molecule has 16 heteroatoms. The third kappa shape index (κ3) is 11.9. The Morgan fingerprint density at radius 1 is 1.00 bits per heavy atom. The maximum atomic E-state index is 12.0. The molecular formula is C26H47BF4N2O8Si. The van der Waals surface area contributed by atoms with Gasteiger partial charge in [0.15, 0.2) is 26.8 Å². The minimum Gasteiger partial charge on any atom is -0.456 e. The highest BCUT2D eigenvalue weighted by molar-refractivity contribution is 6.77. The lowest BCUT2D eigenvalue weighted by Crippen LogP contribution is -2.62. The maximum Gasteiger partial charge on any atom is 0.673 e. The van der Waals surface area contributed by atoms with E-state index < -0.39 is 58.2 Å². The van der Waals surface area contributed by atoms with E-state index in [4.69, 9.17) is 23.4 Å². The number of hydrogen-bond acceptors (Lipinski definition) is 8. The lowest BCUT2D eigenvalue weighted by atomic mass is 9.98. The van der Waals surface area contributed by atoms with E-state index in [0.29, 0.717) is 29.7 Å². The SMILES string of the molecule is CC(=O)O[C@@H]1[C@@H](O)[C@H](OCCCn2cc[n+](C)c2)O[C@H](CO[Si](C(C)C)(C(C)C)C(C)C)[C@@H]1OC(C)=O.F[B-](F)(F)F. The van der Waals surface area contributed by atoms with Crippen LogP contribution in [-0.2, 0) is 46.6 Å². The number of ether oxygens (including phenoxy) is 4. The molecule has 0 spiro atoms. The number of halogens is 4. The molecule has 2 rings (SSSR count). The smallest absolute Gasteiger partial charge is 0.456 e. The standard InChI is InChI=1S/C26H47N2O8Si.BF4/c1-17(2)37(18(3)4,19(5)6)33-15-22-24(34-20(7)29)25(35-21(8)30)23(31)26(36-22)32-14-10-11-28-13-12-27(9)16-28;2-1(3,4)5/h12-13,16-19,22-26,31H,10-11,14-15H2,1-9H3;/q+1;-1/t22-,23-,24+,25-,26-;/m1./s1. The summed E-state index contributed by atoms with van der Waals surface area (Å²) in [5, 5.41) is 11.0. The molecule has 0 amide bonds. The second-order valence-corrected chi connectivity index (χ2v) is 16.8. The van der Waals surface area contributed by atoms with Gasteiger partial charge in [0.2, 0.25) is 6.33 Å². The highest BCUT2D eigenvalue weighted by atomic mass is 28.4. The highest BCUT2D eigenvalue weighted by Crippen LogP contribution is 2.43. The van der Waals surface area contributed by atoms with E-state index in [0.717, 1.165) is 6.54 Å². The molecule has 0 radical (unpaired) electrons. The summed E-state index contributed by atoms with van der Waals surface area (Å²) in [6, 6.07) is 0. The normalized spacial score (nSPS) is 23.1. The summed E-state index contributed by atoms with van der Waals surface area (Å²) in [4.78, 5) is 23.9. The second-order valence-electron chi connectivity index (χ2n) is 11.3. The van der Waals surface area contributed by atoms with Gasteiger partial charge in [-0.2, -0.15) is 0 Å². The molecule has 5 atom stereocenters. The Hall–Kier alpha value is -2.01. The van der Waals surface area contributed by atoms with Gasteiger partial charge in [0.25, 0.3) is 0 Å². The Morgan fingerprint density at radius 2 is 1.50 bits per heavy atom. The molecule has 0 saturated carbocycles. The van der Waals surface area contributed by atoms with Crippen molar-refractivity contribution in [1.29, 1.82) is 0 Å². The van der Waals surface area contributed by atoms with E-state index in [1.807, 2.05) is 34.9 Å². The van der Waals surface area contributed by atoms with Crippen molar-refractivity contribution < 1.29 is 59.9 Å². The maximum absolute atomic E-state index is 12.0. The fourth-order valence-electron chi connectivity index (χ4n) is 5.63. The van der Waals surface area contributed by atoms with E-state index in [2.05, 4.69) is 41.5 Å². The van der Waals surface area contributed by atoms with E-state index in [9.17, 15) is 32.0 Å². The van der Waals surface area contributed by atoms with Gasteiger partial charge < -0.3 is 45.7 Å². The average Bonchev–Trinajstić information content (AvgIpc) is 3.24. The second kappa shape index (κ2) is 16.7. The number of nitrogens with zero attached hydrogens (tertiary/aromatic N) is 2. The van der Waals surface area contributed by atoms with Gasteiger partial charge in [-0.15, -0.1) is 0 Å². The number of hydrogen-bond donors (Lipinski definition) is 1. The molecule has 42 heavy (non-hydrogen) atoms. The molecular weight excluding hydrogens is 583 g/mol. The zero-order valence-corrected chi connectivity index (χ0v) is 27.0. The van der Waals surface area contributed by atoms with Gasteiger partial charge in [-0.05, 0) is 16.6 Å². The number of carbonyl (C=O) groups is 2. The Labute approximate surface area is 246 Å². The third-order valence-corrected chi connectivity index (χ3v) is 13.2. The van der Waals surface area contributed by atoms with Crippen molar-refractivity contribution in [2.24, 2.45) is 7.05 Å². The van der Waals surface area contributed by atoms with Gasteiger partial charge in [-0.25, -0.2) is 9.13 Å². The van der Waals surface area contributed by atoms with Crippen LogP contribution in [0.1, 0.15) is 61.8 Å². The molecule has 0 aliphatic carbocycles. The van der Waals surface area contributed by atoms with Crippen LogP contribution in [0.4, 0.5) is 17.3 Å². The van der Waals surface area contributed by atoms with Crippen LogP contribution >= 0.6 is 0 Å². The van der Waals surface area contributed by atoms with Crippen LogP contribution in [0.3, 0.4) is 0 Å². The molecule has 1 aromatic heterocycles. The molecule has 10 nitrogen and oxygen atoms in total. The summed E-state index contributed by atoms with van der Waals surface area (Å²) in [6.07, 6.45) is 1.19. The van der Waals surface area contributed by atoms with Crippen molar-refractivity contribution in [1.82, 2.24) is 4.57 Å². The minimum atomic E-state index is -6.00. The van der Waals surface area contributed by atoms with Crippen molar-refractivity contribution in [3.05, 3.63) is 18.7 Å². The fourth-order valence-corrected chi connectivity index (χ4v) is 11.1. The summed E-state index contributed by atoms with van der Waals surface area (Å²) >= 11 is 0. The molecule has 1 saturated heterocycles. The predicted molar refractivity (Wildman–Crippen MR) is 149 cm³/mol. The van der Waals surface area contributed by atoms with E-state index in [1.165, 1.54) is 13.8 Å². The molecule has 1 aliphatic rings. The molecule has 1 aromatic rings. The summed E-state index contributed by atoms with van der Waals surface area (Å²) in [6.45, 7) is 16.8. The number of aliphatic hydroxyl groups excluding tert-OH is 1. The largest absolute Gasteiger partial charge is 0.673 e. The number of aliphatic hydroxyl groups is 1. The van der Waals surface area contributed by atoms with Crippen LogP contribution in [0.5, 0.6) is 0 Å². The third-order valence-electron chi connectivity index (χ3n) is 7.09. The summed E-state index contributed by atoms with van der Waals surface area (Å²) < 4.78 is 72.8. The molecule has 1 N–H and O–H groups in total. The Morgan fingerprint density at radius 3 is 1.93 bits per heavy atom. The van der Waals surface area contributed by atoms with Crippen LogP contribution < -0.4 is 4.57 Å². The molecule has 0 aromatic carbocycles. The first kappa shape index (κ1) is 38.0. The highest BCUT2D eigenvalue weighted by Gasteiger charge is 2.52. The first-order valence-electron chi connectivity index (χ1n) is 14.1. The van der Waals surface area contributed by atoms with Crippen molar-refractivity contribution in [2.75, 3.05) is 13.2 Å². The topological polar surface area (TPSA) is 109 Å². The predicted octanol–water partition coefficient (Wildman–Crippen LogP) is 4.16. The van der Waals surface area contributed by atoms with Gasteiger partial charge in [0.1, 0.15) is 24.6 Å². The molecule has 0 unspecified atom stereocenters. The van der Waals surface area contributed by atoms with Crippen LogP contribution in [0.25, 0.3) is 0 Å². The zero-order valence-electron chi connectivity index (χ0n) is 26.0. The molecule has 244 valence electrons. The number of esters is 2. The van der Waals surface area contributed by atoms with E-state index in [-0.39, 0.29) is 6.61 Å². The number of rotatable bonds is 13. The van der Waals surface area contributed by atoms with Gasteiger partial charge in [-0.3, -0.25) is 9.59 Å². The first-order valence-corrected chi connectivity index (χ1v) is 16.2. The fraction of sp³-hybridized carbons (Fsp3) is 0.808. The van der Waals surface area contributed by atoms with E-state index >= 15 is 0 Å². The monoisotopic (exact) mass is 630 g/mol. The Balaban J connectivity index is 0.00000162. The van der Waals surface area contributed by atoms with Crippen molar-refractivity contribution in [3.8, 4) is 0 Å². The summed E-state index contributed by atoms with van der Waals surface area (Å²) in [5.41, 5.74) is 1.00. The van der Waals surface area contributed by atoms with Crippen LogP contribution in [0.15, 0.2) is 18.7 Å². The quantitative estimate of drug-likeness (QED) is 0.114.